The van der Waals surface area contributed by atoms with Crippen molar-refractivity contribution >= 4 is 17.3 Å². The molecule has 5 heteroatoms. The topological polar surface area (TPSA) is 43.8 Å². The summed E-state index contributed by atoms with van der Waals surface area (Å²) in [6.07, 6.45) is 2.16. The Labute approximate surface area is 118 Å². The Morgan fingerprint density at radius 3 is 2.89 bits per heavy atom. The zero-order valence-corrected chi connectivity index (χ0v) is 12.2. The van der Waals surface area contributed by atoms with Gasteiger partial charge in [0.2, 0.25) is 0 Å². The first kappa shape index (κ1) is 14.5. The Bertz CT molecular complexity index is 394. The molecule has 0 aromatic carbocycles. The SMILES string of the molecule is CCC(c1cccs1)N1CCCN(CC(=O)O)CC1. The number of hydrogen-bond acceptors (Lipinski definition) is 4. The molecular formula is C14H22N2O2S. The molecular weight excluding hydrogens is 260 g/mol. The van der Waals surface area contributed by atoms with Gasteiger partial charge in [-0.15, -0.1) is 11.3 Å². The third-order valence-electron chi connectivity index (χ3n) is 3.68. The lowest BCUT2D eigenvalue weighted by molar-refractivity contribution is -0.138. The molecule has 4 nitrogen and oxygen atoms in total. The van der Waals surface area contributed by atoms with Crippen LogP contribution in [0.25, 0.3) is 0 Å². The number of rotatable bonds is 5. The fraction of sp³-hybridized carbons (Fsp3) is 0.643. The summed E-state index contributed by atoms with van der Waals surface area (Å²) in [6.45, 7) is 6.17. The van der Waals surface area contributed by atoms with Gasteiger partial charge in [0.1, 0.15) is 0 Å². The van der Waals surface area contributed by atoms with E-state index in [0.29, 0.717) is 6.04 Å². The maximum Gasteiger partial charge on any atom is 0.317 e. The summed E-state index contributed by atoms with van der Waals surface area (Å²) in [6, 6.07) is 4.81. The first-order valence-electron chi connectivity index (χ1n) is 6.92. The van der Waals surface area contributed by atoms with Crippen molar-refractivity contribution in [2.75, 3.05) is 32.7 Å². The largest absolute Gasteiger partial charge is 0.480 e. The summed E-state index contributed by atoms with van der Waals surface area (Å²) < 4.78 is 0. The summed E-state index contributed by atoms with van der Waals surface area (Å²) in [5.41, 5.74) is 0. The summed E-state index contributed by atoms with van der Waals surface area (Å²) in [5, 5.41) is 11.0. The first-order valence-corrected chi connectivity index (χ1v) is 7.80. The predicted octanol–water partition coefficient (Wildman–Crippen LogP) is 2.29. The molecule has 2 rings (SSSR count). The van der Waals surface area contributed by atoms with Crippen molar-refractivity contribution in [3.63, 3.8) is 0 Å². The van der Waals surface area contributed by atoms with E-state index < -0.39 is 5.97 Å². The second-order valence-corrected chi connectivity index (χ2v) is 5.98. The molecule has 1 aliphatic heterocycles. The summed E-state index contributed by atoms with van der Waals surface area (Å²) in [7, 11) is 0. The molecule has 0 saturated carbocycles. The van der Waals surface area contributed by atoms with Gasteiger partial charge < -0.3 is 5.11 Å². The lowest BCUT2D eigenvalue weighted by Crippen LogP contribution is -2.35. The smallest absolute Gasteiger partial charge is 0.317 e. The van der Waals surface area contributed by atoms with Gasteiger partial charge in [0.15, 0.2) is 0 Å². The van der Waals surface area contributed by atoms with Crippen LogP contribution in [-0.2, 0) is 4.79 Å². The molecule has 1 saturated heterocycles. The van der Waals surface area contributed by atoms with Gasteiger partial charge in [0.05, 0.1) is 6.54 Å². The number of carboxylic acid groups (broad SMARTS) is 1. The van der Waals surface area contributed by atoms with Crippen LogP contribution in [0.5, 0.6) is 0 Å². The van der Waals surface area contributed by atoms with Crippen molar-refractivity contribution in [3.8, 4) is 0 Å². The third kappa shape index (κ3) is 4.03. The number of carbonyl (C=O) groups is 1. The standard InChI is InChI=1S/C14H22N2O2S/c1-2-12(13-5-3-10-19-13)16-7-4-6-15(8-9-16)11-14(17)18/h3,5,10,12H,2,4,6-9,11H2,1H3,(H,17,18). The van der Waals surface area contributed by atoms with Gasteiger partial charge in [-0.1, -0.05) is 13.0 Å². The van der Waals surface area contributed by atoms with E-state index in [1.54, 1.807) is 0 Å². The summed E-state index contributed by atoms with van der Waals surface area (Å²) >= 11 is 1.82. The minimum Gasteiger partial charge on any atom is -0.480 e. The van der Waals surface area contributed by atoms with E-state index in [-0.39, 0.29) is 6.54 Å². The monoisotopic (exact) mass is 282 g/mol. The van der Waals surface area contributed by atoms with Gasteiger partial charge in [-0.3, -0.25) is 14.6 Å². The Morgan fingerprint density at radius 1 is 1.42 bits per heavy atom. The Balaban J connectivity index is 1.96. The normalized spacial score (nSPS) is 20.1. The van der Waals surface area contributed by atoms with Crippen LogP contribution in [0.4, 0.5) is 0 Å². The Morgan fingerprint density at radius 2 is 2.26 bits per heavy atom. The van der Waals surface area contributed by atoms with Gasteiger partial charge in [0.25, 0.3) is 0 Å². The van der Waals surface area contributed by atoms with Crippen LogP contribution < -0.4 is 0 Å². The van der Waals surface area contributed by atoms with Crippen LogP contribution in [0.2, 0.25) is 0 Å². The molecule has 19 heavy (non-hydrogen) atoms. The molecule has 1 aliphatic rings. The first-order chi connectivity index (χ1) is 9.20. The minimum atomic E-state index is -0.723. The number of thiophene rings is 1. The van der Waals surface area contributed by atoms with Crippen molar-refractivity contribution in [3.05, 3.63) is 22.4 Å². The lowest BCUT2D eigenvalue weighted by atomic mass is 10.1. The van der Waals surface area contributed by atoms with Gasteiger partial charge in [0, 0.05) is 37.1 Å². The molecule has 1 fully saturated rings. The number of hydrogen-bond donors (Lipinski definition) is 1. The van der Waals surface area contributed by atoms with Crippen LogP contribution in [0.3, 0.4) is 0 Å². The van der Waals surface area contributed by atoms with E-state index in [1.165, 1.54) is 4.88 Å². The van der Waals surface area contributed by atoms with Crippen LogP contribution in [-0.4, -0.2) is 53.6 Å². The van der Waals surface area contributed by atoms with Crippen LogP contribution in [0, 0.1) is 0 Å². The molecule has 0 amide bonds. The van der Waals surface area contributed by atoms with Gasteiger partial charge >= 0.3 is 5.97 Å². The number of nitrogens with zero attached hydrogens (tertiary/aromatic N) is 2. The quantitative estimate of drug-likeness (QED) is 0.900. The summed E-state index contributed by atoms with van der Waals surface area (Å²) in [5.74, 6) is -0.723. The minimum absolute atomic E-state index is 0.170. The van der Waals surface area contributed by atoms with E-state index >= 15 is 0 Å². The van der Waals surface area contributed by atoms with E-state index in [2.05, 4.69) is 29.3 Å². The predicted molar refractivity (Wildman–Crippen MR) is 77.6 cm³/mol. The Hall–Kier alpha value is -0.910. The fourth-order valence-corrected chi connectivity index (χ4v) is 3.72. The highest BCUT2D eigenvalue weighted by Crippen LogP contribution is 2.28. The molecule has 1 atom stereocenters. The third-order valence-corrected chi connectivity index (χ3v) is 4.65. The van der Waals surface area contributed by atoms with Crippen molar-refractivity contribution in [1.29, 1.82) is 0 Å². The van der Waals surface area contributed by atoms with E-state index in [4.69, 9.17) is 5.11 Å². The van der Waals surface area contributed by atoms with Crippen molar-refractivity contribution in [2.24, 2.45) is 0 Å². The lowest BCUT2D eigenvalue weighted by Gasteiger charge is -2.29. The highest BCUT2D eigenvalue weighted by atomic mass is 32.1. The zero-order valence-electron chi connectivity index (χ0n) is 11.4. The molecule has 106 valence electrons. The van der Waals surface area contributed by atoms with Crippen LogP contribution >= 0.6 is 11.3 Å². The zero-order chi connectivity index (χ0) is 13.7. The fourth-order valence-electron chi connectivity index (χ4n) is 2.77. The second-order valence-electron chi connectivity index (χ2n) is 5.00. The highest BCUT2D eigenvalue weighted by molar-refractivity contribution is 7.10. The highest BCUT2D eigenvalue weighted by Gasteiger charge is 2.23. The van der Waals surface area contributed by atoms with E-state index in [0.717, 1.165) is 39.0 Å². The Kier molecular flexibility index (Phi) is 5.36. The van der Waals surface area contributed by atoms with Gasteiger partial charge in [-0.05, 0) is 24.3 Å². The van der Waals surface area contributed by atoms with Crippen molar-refractivity contribution < 1.29 is 9.90 Å². The van der Waals surface area contributed by atoms with Crippen molar-refractivity contribution in [2.45, 2.75) is 25.8 Å². The molecule has 0 bridgehead atoms. The maximum absolute atomic E-state index is 10.8. The maximum atomic E-state index is 10.8. The van der Waals surface area contributed by atoms with E-state index in [1.807, 2.05) is 16.2 Å². The summed E-state index contributed by atoms with van der Waals surface area (Å²) in [4.78, 5) is 16.8. The molecule has 1 unspecified atom stereocenters. The van der Waals surface area contributed by atoms with Crippen molar-refractivity contribution in [1.82, 2.24) is 9.80 Å². The van der Waals surface area contributed by atoms with Crippen LogP contribution in [0.1, 0.15) is 30.7 Å². The van der Waals surface area contributed by atoms with Crippen LogP contribution in [0.15, 0.2) is 17.5 Å². The second kappa shape index (κ2) is 7.03. The number of carboxylic acids is 1. The van der Waals surface area contributed by atoms with E-state index in [9.17, 15) is 4.79 Å². The molecule has 1 aromatic heterocycles. The number of aliphatic carboxylic acids is 1. The molecule has 2 heterocycles. The molecule has 0 aliphatic carbocycles. The average molecular weight is 282 g/mol. The van der Waals surface area contributed by atoms with Gasteiger partial charge in [-0.25, -0.2) is 0 Å². The molecule has 0 spiro atoms. The molecule has 1 aromatic rings. The van der Waals surface area contributed by atoms with Gasteiger partial charge in [-0.2, -0.15) is 0 Å². The molecule has 0 radical (unpaired) electrons. The molecule has 1 N–H and O–H groups in total. The average Bonchev–Trinajstić information content (AvgIpc) is 2.79.